The molecule has 3 N–H and O–H groups in total. The van der Waals surface area contributed by atoms with Gasteiger partial charge in [0.1, 0.15) is 24.7 Å². The average Bonchev–Trinajstić information content (AvgIpc) is 2.73. The molecule has 3 aromatic carbocycles. The van der Waals surface area contributed by atoms with Gasteiger partial charge in [0.05, 0.1) is 6.21 Å². The Labute approximate surface area is 163 Å². The summed E-state index contributed by atoms with van der Waals surface area (Å²) in [5.74, 6) is 1.26. The summed E-state index contributed by atoms with van der Waals surface area (Å²) in [6.45, 7) is 0.850. The Morgan fingerprint density at radius 3 is 2.11 bits per heavy atom. The third-order valence-electron chi connectivity index (χ3n) is 3.85. The van der Waals surface area contributed by atoms with Crippen molar-refractivity contribution in [2.75, 3.05) is 0 Å². The molecule has 0 unspecified atom stereocenters. The topological polar surface area (TPSA) is 85.9 Å². The summed E-state index contributed by atoms with van der Waals surface area (Å²) in [5.41, 5.74) is 10.0. The molecule has 142 valence electrons. The lowest BCUT2D eigenvalue weighted by Crippen LogP contribution is -2.24. The minimum absolute atomic E-state index is 0.396. The number of hydrazone groups is 1. The molecule has 0 heterocycles. The van der Waals surface area contributed by atoms with Crippen LogP contribution in [0, 0.1) is 0 Å². The van der Waals surface area contributed by atoms with Crippen LogP contribution in [0.5, 0.6) is 11.5 Å². The number of benzene rings is 3. The van der Waals surface area contributed by atoms with Crippen molar-refractivity contribution < 1.29 is 14.3 Å². The zero-order chi connectivity index (χ0) is 19.6. The van der Waals surface area contributed by atoms with Crippen LogP contribution < -0.4 is 20.6 Å². The smallest absolute Gasteiger partial charge is 0.332 e. The first-order valence-electron chi connectivity index (χ1n) is 8.77. The molecule has 0 bridgehead atoms. The van der Waals surface area contributed by atoms with Gasteiger partial charge in [-0.3, -0.25) is 0 Å². The van der Waals surface area contributed by atoms with Gasteiger partial charge < -0.3 is 15.2 Å². The first kappa shape index (κ1) is 19.0. The number of amides is 2. The third-order valence-corrected chi connectivity index (χ3v) is 3.85. The maximum Gasteiger partial charge on any atom is 0.332 e. The van der Waals surface area contributed by atoms with Crippen molar-refractivity contribution in [2.24, 2.45) is 10.8 Å². The van der Waals surface area contributed by atoms with Crippen LogP contribution >= 0.6 is 0 Å². The average molecular weight is 375 g/mol. The van der Waals surface area contributed by atoms with Crippen LogP contribution in [0.15, 0.2) is 84.0 Å². The van der Waals surface area contributed by atoms with Gasteiger partial charge in [0.2, 0.25) is 0 Å². The largest absolute Gasteiger partial charge is 0.489 e. The Bertz CT molecular complexity index is 928. The maximum absolute atomic E-state index is 10.8. The molecule has 28 heavy (non-hydrogen) atoms. The summed E-state index contributed by atoms with van der Waals surface area (Å²) in [6, 6.07) is 24.5. The SMILES string of the molecule is NC(=O)NN=Cc1ccc(OCc2ccccc2)cc1OCc1ccccc1. The molecule has 0 saturated carbocycles. The molecule has 0 atom stereocenters. The first-order valence-corrected chi connectivity index (χ1v) is 8.77. The number of nitrogens with one attached hydrogen (secondary N) is 1. The van der Waals surface area contributed by atoms with Crippen LogP contribution in [-0.4, -0.2) is 12.2 Å². The summed E-state index contributed by atoms with van der Waals surface area (Å²) in [7, 11) is 0. The summed E-state index contributed by atoms with van der Waals surface area (Å²) in [4.78, 5) is 10.8. The number of nitrogens with zero attached hydrogens (tertiary/aromatic N) is 1. The summed E-state index contributed by atoms with van der Waals surface area (Å²) >= 11 is 0. The molecule has 2 amide bonds. The van der Waals surface area contributed by atoms with Crippen LogP contribution in [0.3, 0.4) is 0 Å². The van der Waals surface area contributed by atoms with Gasteiger partial charge in [-0.1, -0.05) is 60.7 Å². The molecular weight excluding hydrogens is 354 g/mol. The second kappa shape index (κ2) is 9.78. The van der Waals surface area contributed by atoms with E-state index >= 15 is 0 Å². The van der Waals surface area contributed by atoms with E-state index < -0.39 is 6.03 Å². The van der Waals surface area contributed by atoms with E-state index in [0.717, 1.165) is 11.1 Å². The van der Waals surface area contributed by atoms with E-state index in [1.165, 1.54) is 6.21 Å². The van der Waals surface area contributed by atoms with Crippen molar-refractivity contribution in [3.63, 3.8) is 0 Å². The summed E-state index contributed by atoms with van der Waals surface area (Å²) < 4.78 is 11.8. The van der Waals surface area contributed by atoms with Crippen LogP contribution in [0.1, 0.15) is 16.7 Å². The minimum Gasteiger partial charge on any atom is -0.489 e. The summed E-state index contributed by atoms with van der Waals surface area (Å²) in [6.07, 6.45) is 1.48. The molecule has 3 aromatic rings. The molecule has 0 aromatic heterocycles. The number of urea groups is 1. The standard InChI is InChI=1S/C22H21N3O3/c23-22(26)25-24-14-19-11-12-20(27-15-17-7-3-1-4-8-17)13-21(19)28-16-18-9-5-2-6-10-18/h1-14H,15-16H2,(H3,23,25,26). The minimum atomic E-state index is -0.731. The monoisotopic (exact) mass is 375 g/mol. The van der Waals surface area contributed by atoms with E-state index in [-0.39, 0.29) is 0 Å². The predicted octanol–water partition coefficient (Wildman–Crippen LogP) is 3.85. The van der Waals surface area contributed by atoms with Gasteiger partial charge in [0.25, 0.3) is 0 Å². The fourth-order valence-corrected chi connectivity index (χ4v) is 2.48. The molecular formula is C22H21N3O3. The number of nitrogens with two attached hydrogens (primary N) is 1. The number of rotatable bonds is 8. The highest BCUT2D eigenvalue weighted by atomic mass is 16.5. The lowest BCUT2D eigenvalue weighted by molar-refractivity contribution is 0.249. The normalized spacial score (nSPS) is 10.6. The van der Waals surface area contributed by atoms with Crippen molar-refractivity contribution >= 4 is 12.2 Å². The third kappa shape index (κ3) is 5.88. The fraction of sp³-hybridized carbons (Fsp3) is 0.0909. The van der Waals surface area contributed by atoms with Gasteiger partial charge in [-0.15, -0.1) is 0 Å². The fourth-order valence-electron chi connectivity index (χ4n) is 2.48. The quantitative estimate of drug-likeness (QED) is 0.463. The highest BCUT2D eigenvalue weighted by Crippen LogP contribution is 2.25. The van der Waals surface area contributed by atoms with E-state index in [2.05, 4.69) is 10.5 Å². The molecule has 0 spiro atoms. The number of hydrogen-bond donors (Lipinski definition) is 2. The van der Waals surface area contributed by atoms with E-state index in [9.17, 15) is 4.79 Å². The van der Waals surface area contributed by atoms with Gasteiger partial charge in [-0.25, -0.2) is 10.2 Å². The second-order valence-corrected chi connectivity index (χ2v) is 5.98. The van der Waals surface area contributed by atoms with Crippen molar-refractivity contribution in [2.45, 2.75) is 13.2 Å². The van der Waals surface area contributed by atoms with Crippen molar-refractivity contribution in [3.8, 4) is 11.5 Å². The lowest BCUT2D eigenvalue weighted by atomic mass is 10.2. The van der Waals surface area contributed by atoms with E-state index in [1.807, 2.05) is 72.8 Å². The van der Waals surface area contributed by atoms with Crippen molar-refractivity contribution in [1.29, 1.82) is 0 Å². The van der Waals surface area contributed by atoms with Gasteiger partial charge in [-0.2, -0.15) is 5.10 Å². The van der Waals surface area contributed by atoms with E-state index in [0.29, 0.717) is 30.3 Å². The first-order chi connectivity index (χ1) is 13.7. The van der Waals surface area contributed by atoms with Crippen molar-refractivity contribution in [3.05, 3.63) is 95.6 Å². The molecule has 3 rings (SSSR count). The highest BCUT2D eigenvalue weighted by Gasteiger charge is 2.06. The molecule has 0 saturated heterocycles. The number of carbonyl (C=O) groups excluding carboxylic acids is 1. The Kier molecular flexibility index (Phi) is 6.62. The van der Waals surface area contributed by atoms with Crippen LogP contribution in [0.4, 0.5) is 4.79 Å². The number of carbonyl (C=O) groups is 1. The zero-order valence-corrected chi connectivity index (χ0v) is 15.2. The Balaban J connectivity index is 1.74. The predicted molar refractivity (Wildman–Crippen MR) is 108 cm³/mol. The van der Waals surface area contributed by atoms with E-state index in [4.69, 9.17) is 15.2 Å². The Morgan fingerprint density at radius 1 is 0.893 bits per heavy atom. The van der Waals surface area contributed by atoms with E-state index in [1.54, 1.807) is 6.07 Å². The number of ether oxygens (including phenoxy) is 2. The van der Waals surface area contributed by atoms with Gasteiger partial charge in [0, 0.05) is 11.6 Å². The Morgan fingerprint density at radius 2 is 1.50 bits per heavy atom. The second-order valence-electron chi connectivity index (χ2n) is 5.98. The lowest BCUT2D eigenvalue weighted by Gasteiger charge is -2.12. The van der Waals surface area contributed by atoms with Gasteiger partial charge >= 0.3 is 6.03 Å². The van der Waals surface area contributed by atoms with Crippen LogP contribution in [0.2, 0.25) is 0 Å². The molecule has 6 heteroatoms. The van der Waals surface area contributed by atoms with Crippen LogP contribution in [0.25, 0.3) is 0 Å². The molecule has 6 nitrogen and oxygen atoms in total. The van der Waals surface area contributed by atoms with Gasteiger partial charge in [0.15, 0.2) is 0 Å². The maximum atomic E-state index is 10.8. The molecule has 0 aliphatic heterocycles. The zero-order valence-electron chi connectivity index (χ0n) is 15.2. The Hall–Kier alpha value is -3.80. The summed E-state index contributed by atoms with van der Waals surface area (Å²) in [5, 5.41) is 3.81. The van der Waals surface area contributed by atoms with Crippen LogP contribution in [-0.2, 0) is 13.2 Å². The van der Waals surface area contributed by atoms with Crippen molar-refractivity contribution in [1.82, 2.24) is 5.43 Å². The highest BCUT2D eigenvalue weighted by molar-refractivity contribution is 5.85. The number of primary amides is 1. The molecule has 0 aliphatic carbocycles. The molecule has 0 fully saturated rings. The molecule has 0 aliphatic rings. The number of hydrogen-bond acceptors (Lipinski definition) is 4. The molecule has 0 radical (unpaired) electrons. The van der Waals surface area contributed by atoms with Gasteiger partial charge in [-0.05, 0) is 23.3 Å².